The van der Waals surface area contributed by atoms with E-state index in [1.165, 1.54) is 20.6 Å². The zero-order valence-corrected chi connectivity index (χ0v) is 14.1. The summed E-state index contributed by atoms with van der Waals surface area (Å²) in [5.41, 5.74) is 7.06. The Labute approximate surface area is 137 Å². The molecule has 3 heteroatoms. The molecule has 21 heavy (non-hydrogen) atoms. The van der Waals surface area contributed by atoms with Gasteiger partial charge in [0.15, 0.2) is 0 Å². The molecule has 0 unspecified atom stereocenters. The average molecular weight is 358 g/mol. The maximum atomic E-state index is 5.92. The molecule has 0 fully saturated rings. The average Bonchev–Trinajstić information content (AvgIpc) is 2.49. The van der Waals surface area contributed by atoms with Crippen LogP contribution >= 0.6 is 27.7 Å². The van der Waals surface area contributed by atoms with Gasteiger partial charge >= 0.3 is 0 Å². The molecular formula is C18H16BrNS. The molecule has 0 saturated heterocycles. The lowest BCUT2D eigenvalue weighted by molar-refractivity contribution is 0.815. The molecular weight excluding hydrogens is 342 g/mol. The van der Waals surface area contributed by atoms with Crippen LogP contribution in [0.15, 0.2) is 74.9 Å². The predicted molar refractivity (Wildman–Crippen MR) is 94.8 cm³/mol. The summed E-state index contributed by atoms with van der Waals surface area (Å²) >= 11 is 5.41. The van der Waals surface area contributed by atoms with Crippen molar-refractivity contribution in [1.29, 1.82) is 0 Å². The first-order valence-electron chi connectivity index (χ1n) is 6.85. The van der Waals surface area contributed by atoms with E-state index in [-0.39, 0.29) is 6.04 Å². The molecule has 0 aromatic heterocycles. The van der Waals surface area contributed by atoms with Crippen LogP contribution in [0.2, 0.25) is 0 Å². The van der Waals surface area contributed by atoms with Gasteiger partial charge in [0.05, 0.1) is 0 Å². The summed E-state index contributed by atoms with van der Waals surface area (Å²) in [6.45, 7) is 2.00. The monoisotopic (exact) mass is 357 g/mol. The van der Waals surface area contributed by atoms with Gasteiger partial charge in [0.2, 0.25) is 0 Å². The Morgan fingerprint density at radius 3 is 2.43 bits per heavy atom. The second kappa shape index (κ2) is 6.22. The SMILES string of the molecule is C[C@H](N)c1ccc(Sc2ccc3ccccc3c2)c(Br)c1. The Morgan fingerprint density at radius 2 is 1.71 bits per heavy atom. The van der Waals surface area contributed by atoms with Gasteiger partial charge < -0.3 is 5.73 Å². The molecule has 0 aliphatic heterocycles. The lowest BCUT2D eigenvalue weighted by Gasteiger charge is -2.10. The molecule has 3 rings (SSSR count). The van der Waals surface area contributed by atoms with Crippen LogP contribution in [0.1, 0.15) is 18.5 Å². The van der Waals surface area contributed by atoms with Crippen LogP contribution in [0.3, 0.4) is 0 Å². The van der Waals surface area contributed by atoms with Crippen molar-refractivity contribution in [3.63, 3.8) is 0 Å². The maximum absolute atomic E-state index is 5.92. The number of rotatable bonds is 3. The summed E-state index contributed by atoms with van der Waals surface area (Å²) in [7, 11) is 0. The molecule has 106 valence electrons. The van der Waals surface area contributed by atoms with Crippen molar-refractivity contribution in [2.24, 2.45) is 5.73 Å². The molecule has 0 radical (unpaired) electrons. The first-order valence-corrected chi connectivity index (χ1v) is 8.46. The first-order chi connectivity index (χ1) is 10.1. The van der Waals surface area contributed by atoms with Gasteiger partial charge in [-0.05, 0) is 63.5 Å². The van der Waals surface area contributed by atoms with Crippen molar-refractivity contribution >= 4 is 38.5 Å². The number of hydrogen-bond acceptors (Lipinski definition) is 2. The Kier molecular flexibility index (Phi) is 4.34. The van der Waals surface area contributed by atoms with E-state index >= 15 is 0 Å². The lowest BCUT2D eigenvalue weighted by Crippen LogP contribution is -2.04. The fraction of sp³-hybridized carbons (Fsp3) is 0.111. The smallest absolute Gasteiger partial charge is 0.0318 e. The summed E-state index contributed by atoms with van der Waals surface area (Å²) in [5, 5.41) is 2.54. The van der Waals surface area contributed by atoms with Crippen LogP contribution in [0.25, 0.3) is 10.8 Å². The molecule has 0 amide bonds. The molecule has 3 aromatic rings. The largest absolute Gasteiger partial charge is 0.324 e. The normalized spacial score (nSPS) is 12.5. The summed E-state index contributed by atoms with van der Waals surface area (Å²) in [6.07, 6.45) is 0. The number of halogens is 1. The molecule has 0 heterocycles. The minimum atomic E-state index is 0.0565. The molecule has 3 aromatic carbocycles. The third-order valence-electron chi connectivity index (χ3n) is 3.43. The summed E-state index contributed by atoms with van der Waals surface area (Å²) < 4.78 is 1.09. The highest BCUT2D eigenvalue weighted by molar-refractivity contribution is 9.10. The molecule has 2 N–H and O–H groups in total. The fourth-order valence-electron chi connectivity index (χ4n) is 2.24. The minimum Gasteiger partial charge on any atom is -0.324 e. The van der Waals surface area contributed by atoms with Gasteiger partial charge in [-0.25, -0.2) is 0 Å². The van der Waals surface area contributed by atoms with Gasteiger partial charge in [-0.1, -0.05) is 48.2 Å². The van der Waals surface area contributed by atoms with Gasteiger partial charge in [-0.2, -0.15) is 0 Å². The first kappa shape index (κ1) is 14.6. The summed E-state index contributed by atoms with van der Waals surface area (Å²) in [4.78, 5) is 2.44. The van der Waals surface area contributed by atoms with Gasteiger partial charge in [0, 0.05) is 20.3 Å². The van der Waals surface area contributed by atoms with E-state index in [2.05, 4.69) is 76.6 Å². The van der Waals surface area contributed by atoms with Crippen LogP contribution in [-0.4, -0.2) is 0 Å². The summed E-state index contributed by atoms with van der Waals surface area (Å²) in [6, 6.07) is 21.4. The molecule has 0 bridgehead atoms. The van der Waals surface area contributed by atoms with E-state index in [0.717, 1.165) is 10.0 Å². The van der Waals surface area contributed by atoms with Gasteiger partial charge in [0.25, 0.3) is 0 Å². The second-order valence-electron chi connectivity index (χ2n) is 5.09. The molecule has 1 atom stereocenters. The fourth-order valence-corrected chi connectivity index (χ4v) is 3.75. The van der Waals surface area contributed by atoms with Crippen molar-refractivity contribution in [3.05, 3.63) is 70.7 Å². The Hall–Kier alpha value is -1.29. The van der Waals surface area contributed by atoms with E-state index in [0.29, 0.717) is 0 Å². The number of hydrogen-bond donors (Lipinski definition) is 1. The van der Waals surface area contributed by atoms with Crippen LogP contribution in [0, 0.1) is 0 Å². The third-order valence-corrected chi connectivity index (χ3v) is 5.41. The Bertz CT molecular complexity index is 783. The van der Waals surface area contributed by atoms with Crippen LogP contribution < -0.4 is 5.73 Å². The van der Waals surface area contributed by atoms with Gasteiger partial charge in [0.1, 0.15) is 0 Å². The molecule has 0 aliphatic carbocycles. The standard InChI is InChI=1S/C18H16BrNS/c1-12(20)14-7-9-18(17(19)11-14)21-16-8-6-13-4-2-3-5-15(13)10-16/h2-12H,20H2,1H3/t12-/m0/s1. The Morgan fingerprint density at radius 1 is 0.952 bits per heavy atom. The summed E-state index contributed by atoms with van der Waals surface area (Å²) in [5.74, 6) is 0. The molecule has 0 spiro atoms. The molecule has 1 nitrogen and oxygen atoms in total. The predicted octanol–water partition coefficient (Wildman–Crippen LogP) is 5.77. The quantitative estimate of drug-likeness (QED) is 0.643. The van der Waals surface area contributed by atoms with Crippen LogP contribution in [-0.2, 0) is 0 Å². The van der Waals surface area contributed by atoms with E-state index in [4.69, 9.17) is 5.73 Å². The van der Waals surface area contributed by atoms with E-state index in [9.17, 15) is 0 Å². The topological polar surface area (TPSA) is 26.0 Å². The van der Waals surface area contributed by atoms with Crippen LogP contribution in [0.4, 0.5) is 0 Å². The highest BCUT2D eigenvalue weighted by Gasteiger charge is 2.06. The van der Waals surface area contributed by atoms with E-state index < -0.39 is 0 Å². The van der Waals surface area contributed by atoms with Gasteiger partial charge in [-0.15, -0.1) is 0 Å². The van der Waals surface area contributed by atoms with Crippen LogP contribution in [0.5, 0.6) is 0 Å². The third kappa shape index (κ3) is 3.31. The van der Waals surface area contributed by atoms with Gasteiger partial charge in [-0.3, -0.25) is 0 Å². The lowest BCUT2D eigenvalue weighted by atomic mass is 10.1. The number of nitrogens with two attached hydrogens (primary N) is 1. The minimum absolute atomic E-state index is 0.0565. The van der Waals surface area contributed by atoms with Crippen molar-refractivity contribution < 1.29 is 0 Å². The van der Waals surface area contributed by atoms with Crippen molar-refractivity contribution in [2.45, 2.75) is 22.8 Å². The number of benzene rings is 3. The highest BCUT2D eigenvalue weighted by atomic mass is 79.9. The van der Waals surface area contributed by atoms with Crippen molar-refractivity contribution in [3.8, 4) is 0 Å². The van der Waals surface area contributed by atoms with Crippen molar-refractivity contribution in [2.75, 3.05) is 0 Å². The zero-order chi connectivity index (χ0) is 14.8. The van der Waals surface area contributed by atoms with Crippen molar-refractivity contribution in [1.82, 2.24) is 0 Å². The Balaban J connectivity index is 1.91. The molecule has 0 saturated carbocycles. The zero-order valence-electron chi connectivity index (χ0n) is 11.7. The second-order valence-corrected chi connectivity index (χ2v) is 7.06. The maximum Gasteiger partial charge on any atom is 0.0318 e. The molecule has 0 aliphatic rings. The van der Waals surface area contributed by atoms with E-state index in [1.54, 1.807) is 11.8 Å². The number of fused-ring (bicyclic) bond motifs is 1. The highest BCUT2D eigenvalue weighted by Crippen LogP contribution is 2.35. The van der Waals surface area contributed by atoms with E-state index in [1.807, 2.05) is 6.92 Å².